The summed E-state index contributed by atoms with van der Waals surface area (Å²) >= 11 is 0. The summed E-state index contributed by atoms with van der Waals surface area (Å²) < 4.78 is 0. The van der Waals surface area contributed by atoms with Crippen molar-refractivity contribution < 1.29 is 0 Å². The molecule has 142 valence electrons. The van der Waals surface area contributed by atoms with E-state index < -0.39 is 0 Å². The van der Waals surface area contributed by atoms with Gasteiger partial charge in [0.15, 0.2) is 0 Å². The molecule has 5 rings (SSSR count). The molecule has 0 aliphatic carbocycles. The van der Waals surface area contributed by atoms with Gasteiger partial charge in [0, 0.05) is 71.8 Å². The van der Waals surface area contributed by atoms with Crippen molar-refractivity contribution in [3.63, 3.8) is 0 Å². The van der Waals surface area contributed by atoms with Crippen molar-refractivity contribution in [2.24, 2.45) is 0 Å². The van der Waals surface area contributed by atoms with E-state index in [0.29, 0.717) is 0 Å². The Morgan fingerprint density at radius 3 is 0.700 bits per heavy atom. The highest BCUT2D eigenvalue weighted by molar-refractivity contribution is 5.86. The fourth-order valence-corrected chi connectivity index (χ4v) is 3.28. The summed E-state index contributed by atoms with van der Waals surface area (Å²) in [4.78, 5) is 26.8. The lowest BCUT2D eigenvalue weighted by Gasteiger charge is -2.15. The lowest BCUT2D eigenvalue weighted by molar-refractivity contribution is 1.19. The minimum atomic E-state index is 0.785. The minimum absolute atomic E-state index is 0.785. The second kappa shape index (κ2) is 7.97. The maximum atomic E-state index is 5.11. The predicted octanol–water partition coefficient (Wildman–Crippen LogP) is 4.72. The maximum Gasteiger partial charge on any atom is 0.0974 e. The normalized spacial score (nSPS) is 10.7. The molecule has 6 nitrogen and oxygen atoms in total. The van der Waals surface area contributed by atoms with Gasteiger partial charge in [-0.15, -0.1) is 0 Å². The number of nitrogens with zero attached hydrogens (tertiary/aromatic N) is 6. The molecule has 0 unspecified atom stereocenters. The van der Waals surface area contributed by atoms with Crippen LogP contribution in [0.15, 0.2) is 98.1 Å². The number of rotatable bonds is 4. The third-order valence-electron chi connectivity index (χ3n) is 4.71. The maximum absolute atomic E-state index is 5.11. The van der Waals surface area contributed by atoms with Crippen LogP contribution in [-0.4, -0.2) is 29.9 Å². The Bertz CT molecular complexity index is 1060. The first-order chi connectivity index (χ1) is 14.9. The fourth-order valence-electron chi connectivity index (χ4n) is 3.28. The van der Waals surface area contributed by atoms with Crippen LogP contribution in [0, 0.1) is 0 Å². The van der Waals surface area contributed by atoms with E-state index in [9.17, 15) is 0 Å². The molecule has 30 heavy (non-hydrogen) atoms. The molecule has 6 heteroatoms. The lowest BCUT2D eigenvalue weighted by Crippen LogP contribution is -2.01. The van der Waals surface area contributed by atoms with E-state index in [2.05, 4.69) is 19.9 Å². The lowest BCUT2D eigenvalue weighted by atomic mass is 10.0. The molecule has 0 aliphatic rings. The molecule has 0 aliphatic heterocycles. The highest BCUT2D eigenvalue weighted by Crippen LogP contribution is 2.36. The van der Waals surface area contributed by atoms with Crippen molar-refractivity contribution in [2.75, 3.05) is 0 Å². The topological polar surface area (TPSA) is 77.3 Å². The Balaban J connectivity index is 1.85. The molecule has 0 bridgehead atoms. The Morgan fingerprint density at radius 1 is 0.300 bits per heavy atom. The summed E-state index contributed by atoms with van der Waals surface area (Å²) in [6.07, 6.45) is 14.1. The van der Waals surface area contributed by atoms with Crippen LogP contribution in [0.1, 0.15) is 0 Å². The predicted molar refractivity (Wildman–Crippen MR) is 115 cm³/mol. The first-order valence-electron chi connectivity index (χ1n) is 9.44. The molecule has 0 saturated carbocycles. The van der Waals surface area contributed by atoms with Crippen molar-refractivity contribution in [1.29, 1.82) is 0 Å². The Labute approximate surface area is 173 Å². The third kappa shape index (κ3) is 3.42. The van der Waals surface area contributed by atoms with Crippen LogP contribution in [0.4, 0.5) is 0 Å². The summed E-state index contributed by atoms with van der Waals surface area (Å²) in [5.41, 5.74) is 6.92. The van der Waals surface area contributed by atoms with Crippen molar-refractivity contribution in [2.45, 2.75) is 0 Å². The summed E-state index contributed by atoms with van der Waals surface area (Å²) in [6.45, 7) is 0. The number of hydrogen-bond acceptors (Lipinski definition) is 6. The number of hydrogen-bond donors (Lipinski definition) is 0. The monoisotopic (exact) mass is 388 g/mol. The van der Waals surface area contributed by atoms with Gasteiger partial charge in [0.25, 0.3) is 0 Å². The van der Waals surface area contributed by atoms with Crippen LogP contribution in [0.3, 0.4) is 0 Å². The molecule has 5 aromatic heterocycles. The first-order valence-corrected chi connectivity index (χ1v) is 9.44. The van der Waals surface area contributed by atoms with Crippen LogP contribution in [-0.2, 0) is 0 Å². The molecular weight excluding hydrogens is 372 g/mol. The van der Waals surface area contributed by atoms with Gasteiger partial charge in [-0.25, -0.2) is 9.97 Å². The average molecular weight is 388 g/mol. The molecule has 0 N–H and O–H groups in total. The quantitative estimate of drug-likeness (QED) is 0.443. The molecule has 0 aromatic carbocycles. The molecule has 0 radical (unpaired) electrons. The second-order valence-corrected chi connectivity index (χ2v) is 6.56. The van der Waals surface area contributed by atoms with E-state index in [0.717, 1.165) is 45.0 Å². The molecule has 0 spiro atoms. The van der Waals surface area contributed by atoms with E-state index in [-0.39, 0.29) is 0 Å². The van der Waals surface area contributed by atoms with Crippen LogP contribution >= 0.6 is 0 Å². The SMILES string of the molecule is c1cc(-c2nc(-c3ccncc3)c(-c3ccncc3)nc2-c2ccncc2)ccn1. The molecule has 5 heterocycles. The third-order valence-corrected chi connectivity index (χ3v) is 4.71. The Hall–Kier alpha value is -4.32. The molecule has 0 saturated heterocycles. The fraction of sp³-hybridized carbons (Fsp3) is 0. The molecule has 0 amide bonds. The number of pyridine rings is 4. The van der Waals surface area contributed by atoms with E-state index in [1.54, 1.807) is 49.6 Å². The van der Waals surface area contributed by atoms with Crippen LogP contribution in [0.25, 0.3) is 45.0 Å². The average Bonchev–Trinajstić information content (AvgIpc) is 2.85. The van der Waals surface area contributed by atoms with E-state index in [4.69, 9.17) is 9.97 Å². The summed E-state index contributed by atoms with van der Waals surface area (Å²) in [7, 11) is 0. The van der Waals surface area contributed by atoms with E-state index >= 15 is 0 Å². The van der Waals surface area contributed by atoms with Crippen LogP contribution in [0.2, 0.25) is 0 Å². The van der Waals surface area contributed by atoms with Crippen molar-refractivity contribution >= 4 is 0 Å². The largest absolute Gasteiger partial charge is 0.265 e. The number of aromatic nitrogens is 6. The summed E-state index contributed by atoms with van der Waals surface area (Å²) in [5.74, 6) is 0. The smallest absolute Gasteiger partial charge is 0.0974 e. The highest BCUT2D eigenvalue weighted by atomic mass is 14.9. The van der Waals surface area contributed by atoms with Gasteiger partial charge in [0.1, 0.15) is 0 Å². The standard InChI is InChI=1S/C24H16N6/c1-9-25-10-2-17(1)21-22(18-3-11-26-12-4-18)30-24(20-7-15-28-16-8-20)23(29-21)19-5-13-27-14-6-19/h1-16H. The molecular formula is C24H16N6. The van der Waals surface area contributed by atoms with E-state index in [1.807, 2.05) is 48.5 Å². The van der Waals surface area contributed by atoms with Gasteiger partial charge in [-0.3, -0.25) is 19.9 Å². The zero-order valence-electron chi connectivity index (χ0n) is 15.9. The van der Waals surface area contributed by atoms with Gasteiger partial charge in [-0.05, 0) is 48.5 Å². The van der Waals surface area contributed by atoms with Crippen LogP contribution in [0.5, 0.6) is 0 Å². The molecule has 0 atom stereocenters. The van der Waals surface area contributed by atoms with Crippen molar-refractivity contribution in [3.05, 3.63) is 98.1 Å². The van der Waals surface area contributed by atoms with Crippen molar-refractivity contribution in [3.8, 4) is 45.0 Å². The molecule has 0 fully saturated rings. The summed E-state index contributed by atoms with van der Waals surface area (Å²) in [6, 6.07) is 15.5. The van der Waals surface area contributed by atoms with Gasteiger partial charge in [0.05, 0.1) is 22.8 Å². The second-order valence-electron chi connectivity index (χ2n) is 6.56. The Morgan fingerprint density at radius 2 is 0.500 bits per heavy atom. The van der Waals surface area contributed by atoms with Gasteiger partial charge in [-0.1, -0.05) is 0 Å². The first kappa shape index (κ1) is 17.8. The zero-order chi connectivity index (χ0) is 20.2. The van der Waals surface area contributed by atoms with Gasteiger partial charge in [0.2, 0.25) is 0 Å². The Kier molecular flexibility index (Phi) is 4.72. The highest BCUT2D eigenvalue weighted by Gasteiger charge is 2.19. The summed E-state index contributed by atoms with van der Waals surface area (Å²) in [5, 5.41) is 0. The van der Waals surface area contributed by atoms with Crippen molar-refractivity contribution in [1.82, 2.24) is 29.9 Å². The molecule has 5 aromatic rings. The van der Waals surface area contributed by atoms with Gasteiger partial charge < -0.3 is 0 Å². The minimum Gasteiger partial charge on any atom is -0.265 e. The van der Waals surface area contributed by atoms with Gasteiger partial charge in [-0.2, -0.15) is 0 Å². The van der Waals surface area contributed by atoms with Gasteiger partial charge >= 0.3 is 0 Å². The van der Waals surface area contributed by atoms with Crippen LogP contribution < -0.4 is 0 Å². The van der Waals surface area contributed by atoms with E-state index in [1.165, 1.54) is 0 Å². The zero-order valence-corrected chi connectivity index (χ0v) is 15.9.